The minimum absolute atomic E-state index is 0.471. The second-order valence-electron chi connectivity index (χ2n) is 5.25. The standard InChI is InChI=1S/C16H22BrClN2/c1-3-5-7-13(6-4-2)20-15-9-8-12(17)10-14(15)19-16(20)11-18/h8-10,13H,3-7,11H2,1-2H3. The van der Waals surface area contributed by atoms with Crippen LogP contribution < -0.4 is 0 Å². The number of hydrogen-bond acceptors (Lipinski definition) is 1. The van der Waals surface area contributed by atoms with Gasteiger partial charge < -0.3 is 4.57 Å². The number of hydrogen-bond donors (Lipinski definition) is 0. The van der Waals surface area contributed by atoms with Crippen LogP contribution in [0.2, 0.25) is 0 Å². The van der Waals surface area contributed by atoms with Gasteiger partial charge in [0.1, 0.15) is 5.82 Å². The summed E-state index contributed by atoms with van der Waals surface area (Å²) in [7, 11) is 0. The third-order valence-electron chi connectivity index (χ3n) is 3.72. The summed E-state index contributed by atoms with van der Waals surface area (Å²) in [4.78, 5) is 4.70. The summed E-state index contributed by atoms with van der Waals surface area (Å²) in [5, 5.41) is 0. The molecule has 1 aromatic heterocycles. The van der Waals surface area contributed by atoms with Crippen LogP contribution in [-0.4, -0.2) is 9.55 Å². The number of alkyl halides is 1. The van der Waals surface area contributed by atoms with Crippen molar-refractivity contribution in [3.8, 4) is 0 Å². The predicted molar refractivity (Wildman–Crippen MR) is 90.5 cm³/mol. The molecule has 0 amide bonds. The van der Waals surface area contributed by atoms with Gasteiger partial charge in [0.15, 0.2) is 0 Å². The van der Waals surface area contributed by atoms with Gasteiger partial charge in [0.25, 0.3) is 0 Å². The Kier molecular flexibility index (Phi) is 5.91. The molecule has 2 nitrogen and oxygen atoms in total. The molecule has 0 N–H and O–H groups in total. The van der Waals surface area contributed by atoms with Gasteiger partial charge in [-0.2, -0.15) is 0 Å². The van der Waals surface area contributed by atoms with Gasteiger partial charge >= 0.3 is 0 Å². The van der Waals surface area contributed by atoms with Crippen LogP contribution in [0.15, 0.2) is 22.7 Å². The number of imidazole rings is 1. The van der Waals surface area contributed by atoms with E-state index >= 15 is 0 Å². The molecule has 1 heterocycles. The molecule has 0 fully saturated rings. The zero-order chi connectivity index (χ0) is 14.5. The molecule has 1 atom stereocenters. The van der Waals surface area contributed by atoms with Crippen LogP contribution in [0.1, 0.15) is 57.8 Å². The molecule has 0 saturated carbocycles. The summed E-state index contributed by atoms with van der Waals surface area (Å²) >= 11 is 9.64. The van der Waals surface area contributed by atoms with Crippen molar-refractivity contribution >= 4 is 38.6 Å². The molecule has 0 aliphatic heterocycles. The second-order valence-corrected chi connectivity index (χ2v) is 6.43. The minimum Gasteiger partial charge on any atom is -0.324 e. The van der Waals surface area contributed by atoms with Gasteiger partial charge in [0, 0.05) is 10.5 Å². The Morgan fingerprint density at radius 3 is 2.70 bits per heavy atom. The number of aromatic nitrogens is 2. The maximum Gasteiger partial charge on any atom is 0.125 e. The van der Waals surface area contributed by atoms with Crippen LogP contribution in [0.5, 0.6) is 0 Å². The Bertz CT molecular complexity index is 565. The number of unbranched alkanes of at least 4 members (excludes halogenated alkanes) is 1. The van der Waals surface area contributed by atoms with Crippen molar-refractivity contribution in [3.05, 3.63) is 28.5 Å². The monoisotopic (exact) mass is 356 g/mol. The highest BCUT2D eigenvalue weighted by Crippen LogP contribution is 2.30. The molecule has 0 saturated heterocycles. The first-order valence-electron chi connectivity index (χ1n) is 7.43. The lowest BCUT2D eigenvalue weighted by atomic mass is 10.0. The van der Waals surface area contributed by atoms with E-state index in [1.807, 2.05) is 0 Å². The Labute approximate surface area is 134 Å². The lowest BCUT2D eigenvalue weighted by molar-refractivity contribution is 0.418. The molecule has 2 rings (SSSR count). The lowest BCUT2D eigenvalue weighted by Crippen LogP contribution is -2.12. The number of benzene rings is 1. The number of fused-ring (bicyclic) bond motifs is 1. The van der Waals surface area contributed by atoms with Gasteiger partial charge in [-0.05, 0) is 31.0 Å². The Morgan fingerprint density at radius 2 is 2.05 bits per heavy atom. The quantitative estimate of drug-likeness (QED) is 0.550. The summed E-state index contributed by atoms with van der Waals surface area (Å²) in [5.74, 6) is 1.47. The number of halogens is 2. The molecule has 0 radical (unpaired) electrons. The number of nitrogens with zero attached hydrogens (tertiary/aromatic N) is 2. The molecule has 0 aliphatic rings. The Balaban J connectivity index is 2.47. The zero-order valence-corrected chi connectivity index (χ0v) is 14.5. The van der Waals surface area contributed by atoms with Gasteiger partial charge in [-0.25, -0.2) is 4.98 Å². The van der Waals surface area contributed by atoms with Gasteiger partial charge in [-0.15, -0.1) is 11.6 Å². The van der Waals surface area contributed by atoms with Crippen LogP contribution in [0.25, 0.3) is 11.0 Å². The third-order valence-corrected chi connectivity index (χ3v) is 4.45. The molecule has 0 bridgehead atoms. The van der Waals surface area contributed by atoms with Crippen molar-refractivity contribution in [2.75, 3.05) is 0 Å². The largest absolute Gasteiger partial charge is 0.324 e. The third kappa shape index (κ3) is 3.37. The van der Waals surface area contributed by atoms with Crippen molar-refractivity contribution in [2.45, 2.75) is 57.9 Å². The minimum atomic E-state index is 0.471. The van der Waals surface area contributed by atoms with E-state index in [2.05, 4.69) is 52.5 Å². The van der Waals surface area contributed by atoms with Crippen LogP contribution in [0.3, 0.4) is 0 Å². The smallest absolute Gasteiger partial charge is 0.125 e. The summed E-state index contributed by atoms with van der Waals surface area (Å²) in [6, 6.07) is 6.82. The fourth-order valence-corrected chi connectivity index (χ4v) is 3.34. The van der Waals surface area contributed by atoms with E-state index in [-0.39, 0.29) is 0 Å². The van der Waals surface area contributed by atoms with Crippen LogP contribution >= 0.6 is 27.5 Å². The second kappa shape index (κ2) is 7.46. The van der Waals surface area contributed by atoms with Gasteiger partial charge in [-0.1, -0.05) is 49.0 Å². The first kappa shape index (κ1) is 15.8. The maximum atomic E-state index is 6.13. The van der Waals surface area contributed by atoms with E-state index in [1.165, 1.54) is 37.6 Å². The molecule has 1 unspecified atom stereocenters. The van der Waals surface area contributed by atoms with Crippen molar-refractivity contribution in [2.24, 2.45) is 0 Å². The van der Waals surface area contributed by atoms with Crippen molar-refractivity contribution < 1.29 is 0 Å². The molecular formula is C16H22BrClN2. The molecule has 1 aromatic carbocycles. The Hall–Kier alpha value is -0.540. The number of rotatable bonds is 7. The van der Waals surface area contributed by atoms with Gasteiger partial charge in [0.2, 0.25) is 0 Å². The normalized spacial score (nSPS) is 13.0. The summed E-state index contributed by atoms with van der Waals surface area (Å²) in [6.45, 7) is 4.49. The van der Waals surface area contributed by atoms with Crippen LogP contribution in [0.4, 0.5) is 0 Å². The highest BCUT2D eigenvalue weighted by Gasteiger charge is 2.18. The lowest BCUT2D eigenvalue weighted by Gasteiger charge is -2.21. The van der Waals surface area contributed by atoms with Gasteiger partial charge in [0.05, 0.1) is 16.9 Å². The van der Waals surface area contributed by atoms with Crippen LogP contribution in [0, 0.1) is 0 Å². The summed E-state index contributed by atoms with van der Waals surface area (Å²) in [6.07, 6.45) is 6.06. The molecule has 2 aromatic rings. The van der Waals surface area contributed by atoms with E-state index in [0.29, 0.717) is 11.9 Å². The Morgan fingerprint density at radius 1 is 1.25 bits per heavy atom. The maximum absolute atomic E-state index is 6.13. The fraction of sp³-hybridized carbons (Fsp3) is 0.562. The SMILES string of the molecule is CCCCC(CCC)n1c(CCl)nc2cc(Br)ccc21. The first-order valence-corrected chi connectivity index (χ1v) is 8.76. The van der Waals surface area contributed by atoms with Crippen molar-refractivity contribution in [3.63, 3.8) is 0 Å². The van der Waals surface area contributed by atoms with E-state index in [1.54, 1.807) is 0 Å². The molecule has 110 valence electrons. The molecule has 0 aliphatic carbocycles. The predicted octanol–water partition coefficient (Wildman–Crippen LogP) is 6.07. The fourth-order valence-electron chi connectivity index (χ4n) is 2.80. The van der Waals surface area contributed by atoms with E-state index in [4.69, 9.17) is 16.6 Å². The highest BCUT2D eigenvalue weighted by atomic mass is 79.9. The highest BCUT2D eigenvalue weighted by molar-refractivity contribution is 9.10. The van der Waals surface area contributed by atoms with E-state index in [9.17, 15) is 0 Å². The average Bonchev–Trinajstić information content (AvgIpc) is 2.80. The topological polar surface area (TPSA) is 17.8 Å². The average molecular weight is 358 g/mol. The van der Waals surface area contributed by atoms with E-state index < -0.39 is 0 Å². The van der Waals surface area contributed by atoms with Crippen LogP contribution in [-0.2, 0) is 5.88 Å². The molecule has 4 heteroatoms. The molecule has 0 spiro atoms. The van der Waals surface area contributed by atoms with E-state index in [0.717, 1.165) is 15.8 Å². The summed E-state index contributed by atoms with van der Waals surface area (Å²) < 4.78 is 3.44. The molecular weight excluding hydrogens is 336 g/mol. The first-order chi connectivity index (χ1) is 9.71. The molecule has 20 heavy (non-hydrogen) atoms. The van der Waals surface area contributed by atoms with Crippen molar-refractivity contribution in [1.82, 2.24) is 9.55 Å². The van der Waals surface area contributed by atoms with Crippen molar-refractivity contribution in [1.29, 1.82) is 0 Å². The zero-order valence-electron chi connectivity index (χ0n) is 12.2. The summed E-state index contributed by atoms with van der Waals surface area (Å²) in [5.41, 5.74) is 2.24. The van der Waals surface area contributed by atoms with Gasteiger partial charge in [-0.3, -0.25) is 0 Å².